The molecule has 0 N–H and O–H groups in total. The summed E-state index contributed by atoms with van der Waals surface area (Å²) in [6.45, 7) is 7.80. The van der Waals surface area contributed by atoms with Crippen LogP contribution in [0, 0.1) is 13.8 Å². The molecule has 7 nitrogen and oxygen atoms in total. The molecule has 0 aliphatic carbocycles. The third-order valence-corrected chi connectivity index (χ3v) is 4.29. The van der Waals surface area contributed by atoms with Gasteiger partial charge >= 0.3 is 0 Å². The van der Waals surface area contributed by atoms with Gasteiger partial charge in [0.2, 0.25) is 5.89 Å². The van der Waals surface area contributed by atoms with Gasteiger partial charge in [-0.2, -0.15) is 10.1 Å². The molecular formula is C14H22N6O. The number of nitrogens with zero attached hydrogens (tertiary/aromatic N) is 6. The Morgan fingerprint density at radius 1 is 1.29 bits per heavy atom. The number of hydrogen-bond acceptors (Lipinski definition) is 6. The Morgan fingerprint density at radius 2 is 2.10 bits per heavy atom. The average molecular weight is 290 g/mol. The van der Waals surface area contributed by atoms with E-state index in [1.54, 1.807) is 0 Å². The van der Waals surface area contributed by atoms with Gasteiger partial charge in [0.05, 0.1) is 6.20 Å². The molecule has 0 aromatic carbocycles. The Kier molecular flexibility index (Phi) is 3.77. The zero-order valence-corrected chi connectivity index (χ0v) is 13.1. The SMILES string of the molecule is Cc1noc([C@H]2CN(Cc3cnn(C)c3C)CCN2C)n1. The second kappa shape index (κ2) is 5.57. The topological polar surface area (TPSA) is 63.2 Å². The molecule has 3 rings (SSSR count). The van der Waals surface area contributed by atoms with Crippen LogP contribution in [0.15, 0.2) is 10.7 Å². The highest BCUT2D eigenvalue weighted by Crippen LogP contribution is 2.24. The molecular weight excluding hydrogens is 268 g/mol. The third-order valence-electron chi connectivity index (χ3n) is 4.29. The molecule has 2 aromatic heterocycles. The number of hydrogen-bond donors (Lipinski definition) is 0. The number of piperazine rings is 1. The van der Waals surface area contributed by atoms with E-state index in [0.29, 0.717) is 11.7 Å². The van der Waals surface area contributed by atoms with E-state index in [0.717, 1.165) is 26.2 Å². The molecule has 1 aliphatic rings. The van der Waals surface area contributed by atoms with Gasteiger partial charge in [0.1, 0.15) is 6.04 Å². The first-order chi connectivity index (χ1) is 10.0. The van der Waals surface area contributed by atoms with Crippen LogP contribution < -0.4 is 0 Å². The highest BCUT2D eigenvalue weighted by atomic mass is 16.5. The van der Waals surface area contributed by atoms with E-state index < -0.39 is 0 Å². The molecule has 3 heterocycles. The standard InChI is InChI=1S/C14H22N6O/c1-10-12(7-15-19(10)4)8-20-6-5-18(3)13(9-20)14-16-11(2)17-21-14/h7,13H,5-6,8-9H2,1-4H3/t13-/m1/s1. The Bertz CT molecular complexity index is 619. The maximum absolute atomic E-state index is 5.35. The summed E-state index contributed by atoms with van der Waals surface area (Å²) in [6, 6.07) is 0.164. The maximum atomic E-state index is 5.35. The summed E-state index contributed by atoms with van der Waals surface area (Å²) in [4.78, 5) is 9.09. The average Bonchev–Trinajstić information content (AvgIpc) is 3.02. The lowest BCUT2D eigenvalue weighted by Crippen LogP contribution is -2.46. The van der Waals surface area contributed by atoms with E-state index in [4.69, 9.17) is 4.52 Å². The summed E-state index contributed by atoms with van der Waals surface area (Å²) < 4.78 is 7.28. The smallest absolute Gasteiger partial charge is 0.245 e. The first kappa shape index (κ1) is 14.2. The Morgan fingerprint density at radius 3 is 2.71 bits per heavy atom. The second-order valence-corrected chi connectivity index (χ2v) is 5.79. The molecule has 0 bridgehead atoms. The Balaban J connectivity index is 1.72. The molecule has 0 amide bonds. The van der Waals surface area contributed by atoms with Crippen molar-refractivity contribution in [1.82, 2.24) is 29.7 Å². The zero-order valence-electron chi connectivity index (χ0n) is 13.1. The number of rotatable bonds is 3. The molecule has 7 heteroatoms. The lowest BCUT2D eigenvalue weighted by Gasteiger charge is -2.37. The molecule has 1 fully saturated rings. The van der Waals surface area contributed by atoms with Crippen LogP contribution in [0.4, 0.5) is 0 Å². The number of aryl methyl sites for hydroxylation is 2. The van der Waals surface area contributed by atoms with Gasteiger partial charge in [-0.25, -0.2) is 0 Å². The molecule has 0 radical (unpaired) electrons. The van der Waals surface area contributed by atoms with Gasteiger partial charge < -0.3 is 4.52 Å². The fourth-order valence-corrected chi connectivity index (χ4v) is 2.73. The van der Waals surface area contributed by atoms with Crippen molar-refractivity contribution in [2.24, 2.45) is 7.05 Å². The van der Waals surface area contributed by atoms with E-state index in [1.807, 2.05) is 24.9 Å². The largest absolute Gasteiger partial charge is 0.338 e. The zero-order chi connectivity index (χ0) is 15.0. The van der Waals surface area contributed by atoms with Gasteiger partial charge in [0.25, 0.3) is 0 Å². The Labute approximate surface area is 124 Å². The molecule has 1 saturated heterocycles. The molecule has 2 aromatic rings. The Hall–Kier alpha value is -1.73. The van der Waals surface area contributed by atoms with Crippen molar-refractivity contribution >= 4 is 0 Å². The molecule has 114 valence electrons. The van der Waals surface area contributed by atoms with Crippen LogP contribution in [0.25, 0.3) is 0 Å². The monoisotopic (exact) mass is 290 g/mol. The minimum atomic E-state index is 0.164. The minimum Gasteiger partial charge on any atom is -0.338 e. The molecule has 0 spiro atoms. The fourth-order valence-electron chi connectivity index (χ4n) is 2.73. The van der Waals surface area contributed by atoms with Crippen molar-refractivity contribution < 1.29 is 4.52 Å². The van der Waals surface area contributed by atoms with E-state index >= 15 is 0 Å². The van der Waals surface area contributed by atoms with Crippen LogP contribution in [0.3, 0.4) is 0 Å². The highest BCUT2D eigenvalue weighted by Gasteiger charge is 2.30. The lowest BCUT2D eigenvalue weighted by molar-refractivity contribution is 0.0713. The maximum Gasteiger partial charge on any atom is 0.245 e. The van der Waals surface area contributed by atoms with Gasteiger partial charge in [0, 0.05) is 44.5 Å². The molecule has 1 aliphatic heterocycles. The van der Waals surface area contributed by atoms with Gasteiger partial charge in [-0.3, -0.25) is 14.5 Å². The van der Waals surface area contributed by atoms with Crippen LogP contribution in [-0.2, 0) is 13.6 Å². The summed E-state index contributed by atoms with van der Waals surface area (Å²) >= 11 is 0. The lowest BCUT2D eigenvalue weighted by atomic mass is 10.1. The van der Waals surface area contributed by atoms with Crippen LogP contribution >= 0.6 is 0 Å². The van der Waals surface area contributed by atoms with E-state index in [2.05, 4.69) is 39.0 Å². The van der Waals surface area contributed by atoms with E-state index in [-0.39, 0.29) is 6.04 Å². The van der Waals surface area contributed by atoms with Crippen LogP contribution in [0.1, 0.15) is 29.0 Å². The number of likely N-dealkylation sites (N-methyl/N-ethyl adjacent to an activating group) is 1. The van der Waals surface area contributed by atoms with Crippen molar-refractivity contribution in [3.63, 3.8) is 0 Å². The van der Waals surface area contributed by atoms with Crippen molar-refractivity contribution in [2.75, 3.05) is 26.7 Å². The van der Waals surface area contributed by atoms with Crippen molar-refractivity contribution in [2.45, 2.75) is 26.4 Å². The van der Waals surface area contributed by atoms with E-state index in [9.17, 15) is 0 Å². The highest BCUT2D eigenvalue weighted by molar-refractivity contribution is 5.16. The van der Waals surface area contributed by atoms with Gasteiger partial charge in [-0.05, 0) is 20.9 Å². The molecule has 0 saturated carbocycles. The van der Waals surface area contributed by atoms with Crippen molar-refractivity contribution in [3.05, 3.63) is 29.2 Å². The summed E-state index contributed by atoms with van der Waals surface area (Å²) in [7, 11) is 4.09. The minimum absolute atomic E-state index is 0.164. The molecule has 1 atom stereocenters. The predicted molar refractivity (Wildman–Crippen MR) is 77.6 cm³/mol. The summed E-state index contributed by atoms with van der Waals surface area (Å²) in [5, 5.41) is 8.22. The fraction of sp³-hybridized carbons (Fsp3) is 0.643. The number of aromatic nitrogens is 4. The van der Waals surface area contributed by atoms with Crippen molar-refractivity contribution in [1.29, 1.82) is 0 Å². The second-order valence-electron chi connectivity index (χ2n) is 5.79. The third kappa shape index (κ3) is 2.84. The van der Waals surface area contributed by atoms with Crippen LogP contribution in [0.5, 0.6) is 0 Å². The summed E-state index contributed by atoms with van der Waals surface area (Å²) in [5.41, 5.74) is 2.50. The summed E-state index contributed by atoms with van der Waals surface area (Å²) in [5.74, 6) is 1.40. The van der Waals surface area contributed by atoms with Gasteiger partial charge in [-0.1, -0.05) is 5.16 Å². The first-order valence-corrected chi connectivity index (χ1v) is 7.25. The van der Waals surface area contributed by atoms with Crippen LogP contribution in [-0.4, -0.2) is 56.4 Å². The summed E-state index contributed by atoms with van der Waals surface area (Å²) in [6.07, 6.45) is 1.96. The molecule has 21 heavy (non-hydrogen) atoms. The normalized spacial score (nSPS) is 21.0. The van der Waals surface area contributed by atoms with Gasteiger partial charge in [0.15, 0.2) is 5.82 Å². The van der Waals surface area contributed by atoms with Crippen molar-refractivity contribution in [3.8, 4) is 0 Å². The van der Waals surface area contributed by atoms with E-state index in [1.165, 1.54) is 11.3 Å². The first-order valence-electron chi connectivity index (χ1n) is 7.25. The predicted octanol–water partition coefficient (Wildman–Crippen LogP) is 0.909. The van der Waals surface area contributed by atoms with Crippen LogP contribution in [0.2, 0.25) is 0 Å². The quantitative estimate of drug-likeness (QED) is 0.837. The molecule has 0 unspecified atom stereocenters. The van der Waals surface area contributed by atoms with Gasteiger partial charge in [-0.15, -0.1) is 0 Å².